The van der Waals surface area contributed by atoms with Gasteiger partial charge in [0.2, 0.25) is 0 Å². The molecule has 0 spiro atoms. The fraction of sp³-hybridized carbons (Fsp3) is 0.143. The van der Waals surface area contributed by atoms with Crippen molar-refractivity contribution >= 4 is 27.5 Å². The van der Waals surface area contributed by atoms with Crippen LogP contribution in [0.25, 0.3) is 0 Å². The minimum absolute atomic E-state index is 0.269. The third-order valence-electron chi connectivity index (χ3n) is 2.81. The minimum atomic E-state index is -0.598. The lowest BCUT2D eigenvalue weighted by atomic mass is 9.99. The van der Waals surface area contributed by atoms with Crippen LogP contribution >= 0.6 is 27.5 Å². The summed E-state index contributed by atoms with van der Waals surface area (Å²) in [5, 5.41) is 0.563. The fourth-order valence-corrected chi connectivity index (χ4v) is 2.55. The average molecular weight is 347 g/mol. The van der Waals surface area contributed by atoms with Gasteiger partial charge < -0.3 is 5.73 Å². The Hall–Kier alpha value is -0.970. The average Bonchev–Trinajstić information content (AvgIpc) is 2.35. The number of hydrogen-bond acceptors (Lipinski definition) is 1. The van der Waals surface area contributed by atoms with Crippen molar-refractivity contribution in [1.29, 1.82) is 0 Å². The van der Waals surface area contributed by atoms with Crippen molar-refractivity contribution in [2.45, 2.75) is 12.5 Å². The van der Waals surface area contributed by atoms with Gasteiger partial charge in [0, 0.05) is 21.6 Å². The fourth-order valence-electron chi connectivity index (χ4n) is 1.83. The molecule has 0 aromatic heterocycles. The van der Waals surface area contributed by atoms with Crippen molar-refractivity contribution in [3.05, 3.63) is 68.7 Å². The molecule has 0 fully saturated rings. The summed E-state index contributed by atoms with van der Waals surface area (Å²) in [6, 6.07) is 8.32. The monoisotopic (exact) mass is 345 g/mol. The van der Waals surface area contributed by atoms with Crippen molar-refractivity contribution < 1.29 is 8.78 Å². The van der Waals surface area contributed by atoms with Crippen LogP contribution in [0, 0.1) is 11.6 Å². The normalized spacial score (nSPS) is 12.5. The van der Waals surface area contributed by atoms with Crippen molar-refractivity contribution in [3.63, 3.8) is 0 Å². The van der Waals surface area contributed by atoms with E-state index in [2.05, 4.69) is 15.9 Å². The van der Waals surface area contributed by atoms with Gasteiger partial charge in [0.1, 0.15) is 11.6 Å². The van der Waals surface area contributed by atoms with Crippen molar-refractivity contribution in [3.8, 4) is 0 Å². The van der Waals surface area contributed by atoms with Crippen LogP contribution < -0.4 is 5.73 Å². The van der Waals surface area contributed by atoms with Gasteiger partial charge in [-0.25, -0.2) is 8.78 Å². The van der Waals surface area contributed by atoms with Crippen LogP contribution in [0.2, 0.25) is 5.02 Å². The van der Waals surface area contributed by atoms with Crippen molar-refractivity contribution in [2.75, 3.05) is 0 Å². The molecule has 0 aliphatic heterocycles. The minimum Gasteiger partial charge on any atom is -0.324 e. The lowest BCUT2D eigenvalue weighted by Gasteiger charge is -2.15. The molecule has 19 heavy (non-hydrogen) atoms. The maximum atomic E-state index is 13.6. The lowest BCUT2D eigenvalue weighted by molar-refractivity contribution is 0.563. The van der Waals surface area contributed by atoms with Crippen molar-refractivity contribution in [2.24, 2.45) is 5.73 Å². The van der Waals surface area contributed by atoms with Gasteiger partial charge in [0.05, 0.1) is 0 Å². The molecule has 2 rings (SSSR count). The zero-order valence-electron chi connectivity index (χ0n) is 9.84. The second kappa shape index (κ2) is 5.99. The zero-order valence-corrected chi connectivity index (χ0v) is 12.2. The first-order valence-corrected chi connectivity index (χ1v) is 6.79. The Morgan fingerprint density at radius 1 is 1.16 bits per heavy atom. The molecule has 2 aromatic rings. The van der Waals surface area contributed by atoms with E-state index in [0.717, 1.165) is 16.1 Å². The van der Waals surface area contributed by atoms with E-state index in [1.807, 2.05) is 0 Å². The summed E-state index contributed by atoms with van der Waals surface area (Å²) in [5.41, 5.74) is 7.22. The number of hydrogen-bond donors (Lipinski definition) is 1. The maximum Gasteiger partial charge on any atom is 0.129 e. The molecule has 0 saturated heterocycles. The molecule has 0 aliphatic rings. The molecule has 2 aromatic carbocycles. The summed E-state index contributed by atoms with van der Waals surface area (Å²) in [7, 11) is 0. The molecule has 1 nitrogen and oxygen atoms in total. The van der Waals surface area contributed by atoms with E-state index in [0.29, 0.717) is 10.6 Å². The van der Waals surface area contributed by atoms with Crippen LogP contribution in [0.5, 0.6) is 0 Å². The van der Waals surface area contributed by atoms with Crippen molar-refractivity contribution in [1.82, 2.24) is 0 Å². The summed E-state index contributed by atoms with van der Waals surface area (Å²) >= 11 is 9.30. The number of nitrogens with two attached hydrogens (primary N) is 1. The van der Waals surface area contributed by atoms with Gasteiger partial charge in [-0.05, 0) is 41.8 Å². The number of halogens is 4. The highest BCUT2D eigenvalue weighted by Crippen LogP contribution is 2.28. The lowest BCUT2D eigenvalue weighted by Crippen LogP contribution is -2.15. The molecule has 2 N–H and O–H groups in total. The standard InChI is InChI=1S/C14H11BrClF2N/c15-12-4-2-9(16)6-11(12)14(19)5-8-1-3-10(17)7-13(8)18/h1-4,6-7,14H,5,19H2. The van der Waals surface area contributed by atoms with Gasteiger partial charge in [0.25, 0.3) is 0 Å². The molecule has 0 heterocycles. The molecule has 0 amide bonds. The second-order valence-corrected chi connectivity index (χ2v) is 5.50. The highest BCUT2D eigenvalue weighted by molar-refractivity contribution is 9.10. The number of rotatable bonds is 3. The molecule has 0 saturated carbocycles. The van der Waals surface area contributed by atoms with Crippen LogP contribution in [0.3, 0.4) is 0 Å². The SMILES string of the molecule is NC(Cc1ccc(F)cc1F)c1cc(Cl)ccc1Br. The van der Waals surface area contributed by atoms with Crippen LogP contribution in [-0.4, -0.2) is 0 Å². The highest BCUT2D eigenvalue weighted by Gasteiger charge is 2.14. The molecular weight excluding hydrogens is 336 g/mol. The predicted octanol–water partition coefficient (Wildman–Crippen LogP) is 4.62. The Bertz CT molecular complexity index is 604. The summed E-state index contributed by atoms with van der Waals surface area (Å²) in [6.07, 6.45) is 0.269. The summed E-state index contributed by atoms with van der Waals surface area (Å²) < 4.78 is 27.2. The molecule has 1 atom stereocenters. The number of benzene rings is 2. The molecule has 5 heteroatoms. The quantitative estimate of drug-likeness (QED) is 0.862. The maximum absolute atomic E-state index is 13.6. The van der Waals surface area contributed by atoms with Crippen LogP contribution in [0.15, 0.2) is 40.9 Å². The van der Waals surface area contributed by atoms with Crippen LogP contribution in [0.4, 0.5) is 8.78 Å². The second-order valence-electron chi connectivity index (χ2n) is 4.21. The Labute approximate surface area is 123 Å². The third-order valence-corrected chi connectivity index (χ3v) is 3.77. The van der Waals surface area contributed by atoms with E-state index in [-0.39, 0.29) is 6.42 Å². The van der Waals surface area contributed by atoms with E-state index in [4.69, 9.17) is 17.3 Å². The molecule has 0 aliphatic carbocycles. The van der Waals surface area contributed by atoms with Gasteiger partial charge in [-0.1, -0.05) is 33.6 Å². The summed E-state index contributed by atoms with van der Waals surface area (Å²) in [6.45, 7) is 0. The Morgan fingerprint density at radius 2 is 1.89 bits per heavy atom. The first kappa shape index (κ1) is 14.4. The topological polar surface area (TPSA) is 26.0 Å². The first-order valence-electron chi connectivity index (χ1n) is 5.62. The van der Waals surface area contributed by atoms with Gasteiger partial charge in [0.15, 0.2) is 0 Å². The summed E-state index contributed by atoms with van der Waals surface area (Å²) in [4.78, 5) is 0. The van der Waals surface area contributed by atoms with E-state index in [1.165, 1.54) is 12.1 Å². The van der Waals surface area contributed by atoms with Gasteiger partial charge in [-0.3, -0.25) is 0 Å². The third kappa shape index (κ3) is 3.53. The van der Waals surface area contributed by atoms with Crippen LogP contribution in [-0.2, 0) is 6.42 Å². The van der Waals surface area contributed by atoms with E-state index >= 15 is 0 Å². The molecule has 1 unspecified atom stereocenters. The van der Waals surface area contributed by atoms with E-state index < -0.39 is 17.7 Å². The molecule has 100 valence electrons. The smallest absolute Gasteiger partial charge is 0.129 e. The van der Waals surface area contributed by atoms with E-state index in [9.17, 15) is 8.78 Å². The largest absolute Gasteiger partial charge is 0.324 e. The predicted molar refractivity (Wildman–Crippen MR) is 76.1 cm³/mol. The molecule has 0 bridgehead atoms. The Balaban J connectivity index is 2.25. The first-order chi connectivity index (χ1) is 8.97. The highest BCUT2D eigenvalue weighted by atomic mass is 79.9. The summed E-state index contributed by atoms with van der Waals surface area (Å²) in [5.74, 6) is -1.19. The molecular formula is C14H11BrClF2N. The van der Waals surface area contributed by atoms with Crippen LogP contribution in [0.1, 0.15) is 17.2 Å². The zero-order chi connectivity index (χ0) is 14.0. The van der Waals surface area contributed by atoms with Gasteiger partial charge >= 0.3 is 0 Å². The van der Waals surface area contributed by atoms with Gasteiger partial charge in [-0.2, -0.15) is 0 Å². The Kier molecular flexibility index (Phi) is 4.55. The molecule has 0 radical (unpaired) electrons. The van der Waals surface area contributed by atoms with Gasteiger partial charge in [-0.15, -0.1) is 0 Å². The van der Waals surface area contributed by atoms with E-state index in [1.54, 1.807) is 18.2 Å². The Morgan fingerprint density at radius 3 is 2.58 bits per heavy atom.